The Balaban J connectivity index is 1.42. The number of hydrogen-bond acceptors (Lipinski definition) is 7. The Morgan fingerprint density at radius 3 is 2.20 bits per heavy atom. The summed E-state index contributed by atoms with van der Waals surface area (Å²) in [5.41, 5.74) is -6.81. The molecule has 9 nitrogen and oxygen atoms in total. The highest BCUT2D eigenvalue weighted by Gasteiger charge is 2.71. The SMILES string of the molecule is C[C@@H](O)[C@H]1C(=O)N2C(C(=O)O)=C(S[C@@H]3CN[C@H](C(=O)Nc4ccc(C(O)(C(F)(F)F)C(F)(F)F)cc4)C3)[C@H](C)[C@H]12. The molecule has 2 amide bonds. The predicted octanol–water partition coefficient (Wildman–Crippen LogP) is 2.55. The molecule has 1 aromatic carbocycles. The van der Waals surface area contributed by atoms with Crippen LogP contribution in [0.3, 0.4) is 0 Å². The molecule has 6 atom stereocenters. The molecule has 0 aromatic heterocycles. The van der Waals surface area contributed by atoms with Gasteiger partial charge in [-0.05, 0) is 25.5 Å². The molecule has 0 bridgehead atoms. The number of anilines is 1. The van der Waals surface area contributed by atoms with Crippen molar-refractivity contribution in [2.45, 2.75) is 61.7 Å². The number of benzene rings is 1. The van der Waals surface area contributed by atoms with Crippen LogP contribution in [-0.4, -0.2) is 80.3 Å². The number of aliphatic carboxylic acids is 1. The first-order chi connectivity index (χ1) is 18.4. The standard InChI is InChI=1S/C24H25F6N3O6S/c1-9-16-15(10(2)34)20(36)33(16)17(21(37)38)18(9)40-13-7-14(31-8-13)19(35)32-12-5-3-11(4-6-12)22(39,23(25,26)27)24(28,29)30/h3-6,9-10,13-16,31,34,39H,7-8H2,1-2H3,(H,32,35)(H,37,38)/t9-,10-,13+,14+,15-,16-/m1/s1. The van der Waals surface area contributed by atoms with Gasteiger partial charge in [0, 0.05) is 33.9 Å². The zero-order valence-corrected chi connectivity index (χ0v) is 21.7. The highest BCUT2D eigenvalue weighted by Crippen LogP contribution is 2.52. The van der Waals surface area contributed by atoms with E-state index in [0.717, 1.165) is 12.1 Å². The Bertz CT molecular complexity index is 1220. The van der Waals surface area contributed by atoms with Gasteiger partial charge in [-0.15, -0.1) is 11.8 Å². The lowest BCUT2D eigenvalue weighted by molar-refractivity contribution is -0.376. The number of nitrogens with one attached hydrogen (secondary N) is 2. The number of carboxylic acids is 1. The number of amides is 2. The lowest BCUT2D eigenvalue weighted by atomic mass is 9.79. The van der Waals surface area contributed by atoms with Crippen LogP contribution in [-0.2, 0) is 20.0 Å². The van der Waals surface area contributed by atoms with Crippen molar-refractivity contribution in [3.8, 4) is 0 Å². The molecule has 220 valence electrons. The topological polar surface area (TPSA) is 139 Å². The van der Waals surface area contributed by atoms with E-state index in [-0.39, 0.29) is 35.5 Å². The summed E-state index contributed by atoms with van der Waals surface area (Å²) in [6.07, 6.45) is -12.8. The summed E-state index contributed by atoms with van der Waals surface area (Å²) in [5.74, 6) is -3.49. The first-order valence-corrected chi connectivity index (χ1v) is 12.9. The van der Waals surface area contributed by atoms with Crippen molar-refractivity contribution < 1.29 is 56.0 Å². The smallest absolute Gasteiger partial charge is 0.430 e. The van der Waals surface area contributed by atoms with E-state index in [1.807, 2.05) is 0 Å². The summed E-state index contributed by atoms with van der Waals surface area (Å²) >= 11 is 1.20. The third kappa shape index (κ3) is 4.84. The number of carbonyl (C=O) groups is 3. The van der Waals surface area contributed by atoms with Crippen molar-refractivity contribution in [2.75, 3.05) is 11.9 Å². The largest absolute Gasteiger partial charge is 0.477 e. The number of carbonyl (C=O) groups excluding carboxylic acids is 2. The van der Waals surface area contributed by atoms with Gasteiger partial charge >= 0.3 is 18.3 Å². The lowest BCUT2D eigenvalue weighted by Crippen LogP contribution is -2.63. The molecule has 40 heavy (non-hydrogen) atoms. The van der Waals surface area contributed by atoms with Crippen molar-refractivity contribution in [1.82, 2.24) is 10.2 Å². The van der Waals surface area contributed by atoms with Crippen LogP contribution >= 0.6 is 11.8 Å². The summed E-state index contributed by atoms with van der Waals surface area (Å²) in [5, 5.41) is 34.3. The third-order valence-electron chi connectivity index (χ3n) is 7.40. The van der Waals surface area contributed by atoms with E-state index < -0.39 is 65.4 Å². The number of alkyl halides is 6. The molecular weight excluding hydrogens is 572 g/mol. The van der Waals surface area contributed by atoms with Gasteiger partial charge in [0.1, 0.15) is 5.70 Å². The van der Waals surface area contributed by atoms with Crippen molar-refractivity contribution in [2.24, 2.45) is 11.8 Å². The Labute approximate surface area is 227 Å². The molecule has 0 radical (unpaired) electrons. The van der Waals surface area contributed by atoms with Gasteiger partial charge < -0.3 is 30.9 Å². The van der Waals surface area contributed by atoms with E-state index in [1.165, 1.54) is 23.6 Å². The van der Waals surface area contributed by atoms with Crippen LogP contribution in [0, 0.1) is 11.8 Å². The fourth-order valence-corrected chi connectivity index (χ4v) is 6.84. The minimum absolute atomic E-state index is 0.106. The molecular formula is C24H25F6N3O6S. The molecule has 16 heteroatoms. The van der Waals surface area contributed by atoms with Gasteiger partial charge in [0.05, 0.1) is 24.1 Å². The third-order valence-corrected chi connectivity index (χ3v) is 8.91. The Hall–Kier alpha value is -2.82. The van der Waals surface area contributed by atoms with Gasteiger partial charge in [0.15, 0.2) is 0 Å². The fraction of sp³-hybridized carbons (Fsp3) is 0.542. The predicted molar refractivity (Wildman–Crippen MR) is 128 cm³/mol. The summed E-state index contributed by atoms with van der Waals surface area (Å²) in [6, 6.07) is 1.15. The zero-order chi connectivity index (χ0) is 29.9. The highest BCUT2D eigenvalue weighted by molar-refractivity contribution is 8.03. The van der Waals surface area contributed by atoms with Gasteiger partial charge in [0.2, 0.25) is 11.8 Å². The molecule has 0 saturated carbocycles. The van der Waals surface area contributed by atoms with Crippen LogP contribution in [0.1, 0.15) is 25.8 Å². The van der Waals surface area contributed by atoms with Crippen molar-refractivity contribution in [3.63, 3.8) is 0 Å². The van der Waals surface area contributed by atoms with Crippen LogP contribution in [0.4, 0.5) is 32.0 Å². The molecule has 2 saturated heterocycles. The Morgan fingerprint density at radius 2 is 1.70 bits per heavy atom. The number of thioether (sulfide) groups is 1. The number of nitrogens with zero attached hydrogens (tertiary/aromatic N) is 1. The minimum atomic E-state index is -6.04. The van der Waals surface area contributed by atoms with E-state index in [2.05, 4.69) is 10.6 Å². The van der Waals surface area contributed by atoms with Crippen LogP contribution in [0.25, 0.3) is 0 Å². The van der Waals surface area contributed by atoms with Crippen LogP contribution in [0.2, 0.25) is 0 Å². The second-order valence-electron chi connectivity index (χ2n) is 9.98. The fourth-order valence-electron chi connectivity index (χ4n) is 5.36. The maximum Gasteiger partial charge on any atom is 0.430 e. The molecule has 3 aliphatic rings. The number of rotatable bonds is 7. The summed E-state index contributed by atoms with van der Waals surface area (Å²) < 4.78 is 78.5. The van der Waals surface area contributed by atoms with Crippen LogP contribution < -0.4 is 10.6 Å². The first-order valence-electron chi connectivity index (χ1n) is 12.1. The average molecular weight is 598 g/mol. The monoisotopic (exact) mass is 597 g/mol. The molecule has 3 aliphatic heterocycles. The van der Waals surface area contributed by atoms with Crippen molar-refractivity contribution in [1.29, 1.82) is 0 Å². The number of aliphatic hydroxyl groups excluding tert-OH is 1. The van der Waals surface area contributed by atoms with Crippen LogP contribution in [0.5, 0.6) is 0 Å². The van der Waals surface area contributed by atoms with Crippen molar-refractivity contribution in [3.05, 3.63) is 40.4 Å². The Morgan fingerprint density at radius 1 is 1.12 bits per heavy atom. The van der Waals surface area contributed by atoms with E-state index in [0.29, 0.717) is 17.0 Å². The van der Waals surface area contributed by atoms with Gasteiger partial charge in [0.25, 0.3) is 5.60 Å². The molecule has 1 aromatic rings. The summed E-state index contributed by atoms with van der Waals surface area (Å²) in [7, 11) is 0. The van der Waals surface area contributed by atoms with E-state index in [9.17, 15) is 56.0 Å². The minimum Gasteiger partial charge on any atom is -0.477 e. The number of fused-ring (bicyclic) bond motifs is 1. The molecule has 4 rings (SSSR count). The van der Waals surface area contributed by atoms with Gasteiger partial charge in [-0.2, -0.15) is 26.3 Å². The number of halogens is 6. The summed E-state index contributed by atoms with van der Waals surface area (Å²) in [4.78, 5) is 38.8. The van der Waals surface area contributed by atoms with Gasteiger partial charge in [-0.3, -0.25) is 9.59 Å². The van der Waals surface area contributed by atoms with Gasteiger partial charge in [-0.1, -0.05) is 19.1 Å². The van der Waals surface area contributed by atoms with Crippen molar-refractivity contribution >= 4 is 35.2 Å². The first kappa shape index (κ1) is 30.1. The number of carboxylic acid groups (broad SMARTS) is 1. The molecule has 5 N–H and O–H groups in total. The molecule has 2 fully saturated rings. The molecule has 0 aliphatic carbocycles. The number of β-lactam (4-membered cyclic amide) rings is 1. The molecule has 0 unspecified atom stereocenters. The van der Waals surface area contributed by atoms with E-state index in [1.54, 1.807) is 6.92 Å². The lowest BCUT2D eigenvalue weighted by Gasteiger charge is -2.46. The second-order valence-corrected chi connectivity index (χ2v) is 11.3. The quantitative estimate of drug-likeness (QED) is 0.239. The van der Waals surface area contributed by atoms with E-state index in [4.69, 9.17) is 0 Å². The maximum atomic E-state index is 13.1. The maximum absolute atomic E-state index is 13.1. The Kier molecular flexibility index (Phi) is 7.71. The summed E-state index contributed by atoms with van der Waals surface area (Å²) in [6.45, 7) is 3.49. The number of aliphatic hydroxyl groups is 2. The molecule has 3 heterocycles. The average Bonchev–Trinajstić information content (AvgIpc) is 3.39. The molecule has 0 spiro atoms. The van der Waals surface area contributed by atoms with E-state index >= 15 is 0 Å². The second kappa shape index (κ2) is 10.2. The normalized spacial score (nSPS) is 27.9. The number of hydrogen-bond donors (Lipinski definition) is 5. The van der Waals surface area contributed by atoms with Gasteiger partial charge in [-0.25, -0.2) is 4.79 Å². The van der Waals surface area contributed by atoms with Crippen LogP contribution in [0.15, 0.2) is 34.9 Å². The zero-order valence-electron chi connectivity index (χ0n) is 20.9. The highest BCUT2D eigenvalue weighted by atomic mass is 32.2.